The van der Waals surface area contributed by atoms with Crippen molar-refractivity contribution in [2.24, 2.45) is 11.8 Å². The van der Waals surface area contributed by atoms with E-state index < -0.39 is 80.9 Å². The van der Waals surface area contributed by atoms with E-state index in [1.165, 1.54) is 44.1 Å². The molecule has 1 saturated carbocycles. The molecule has 0 heterocycles. The van der Waals surface area contributed by atoms with Gasteiger partial charge in [-0.05, 0) is 52.0 Å². The number of carboxylic acids is 1. The maximum Gasteiger partial charge on any atom is 0.303 e. The number of rotatable bonds is 8. The summed E-state index contributed by atoms with van der Waals surface area (Å²) in [7, 11) is 3.01. The number of fused-ring (bicyclic) bond motifs is 3. The van der Waals surface area contributed by atoms with Crippen LogP contribution in [0.5, 0.6) is 5.75 Å². The van der Waals surface area contributed by atoms with E-state index >= 15 is 0 Å². The van der Waals surface area contributed by atoms with Crippen LogP contribution in [0.1, 0.15) is 37.3 Å². The highest BCUT2D eigenvalue weighted by atomic mass is 16.4. The van der Waals surface area contributed by atoms with Gasteiger partial charge in [0.15, 0.2) is 11.4 Å². The predicted molar refractivity (Wildman–Crippen MR) is 139 cm³/mol. The maximum atomic E-state index is 14.0. The Bertz CT molecular complexity index is 1350. The lowest BCUT2D eigenvalue weighted by Crippen LogP contribution is -2.67. The highest BCUT2D eigenvalue weighted by Crippen LogP contribution is 2.57. The van der Waals surface area contributed by atoms with E-state index in [1.54, 1.807) is 0 Å². The first-order valence-electron chi connectivity index (χ1n) is 12.8. The van der Waals surface area contributed by atoms with Gasteiger partial charge in [-0.2, -0.15) is 0 Å². The number of ketones is 2. The molecule has 13 heteroatoms. The topological polar surface area (TPSA) is 217 Å². The van der Waals surface area contributed by atoms with Crippen LogP contribution >= 0.6 is 0 Å². The number of aliphatic hydroxyl groups is 4. The van der Waals surface area contributed by atoms with Crippen molar-refractivity contribution in [3.05, 3.63) is 46.2 Å². The van der Waals surface area contributed by atoms with Crippen molar-refractivity contribution < 1.29 is 49.8 Å². The van der Waals surface area contributed by atoms with Crippen molar-refractivity contribution >= 4 is 29.2 Å². The molecule has 1 aromatic carbocycles. The number of aliphatic hydroxyl groups excluding tert-OH is 2. The molecule has 0 aliphatic heterocycles. The van der Waals surface area contributed by atoms with Gasteiger partial charge >= 0.3 is 5.97 Å². The fourth-order valence-electron chi connectivity index (χ4n) is 6.17. The quantitative estimate of drug-likeness (QED) is 0.117. The Balaban J connectivity index is 1.77. The molecule has 40 heavy (non-hydrogen) atoms. The zero-order chi connectivity index (χ0) is 29.7. The van der Waals surface area contributed by atoms with Crippen molar-refractivity contribution in [2.75, 3.05) is 27.3 Å². The van der Waals surface area contributed by atoms with Gasteiger partial charge in [0.05, 0.1) is 23.9 Å². The lowest BCUT2D eigenvalue weighted by molar-refractivity contribution is -0.159. The Morgan fingerprint density at radius 3 is 2.42 bits per heavy atom. The Labute approximate surface area is 229 Å². The van der Waals surface area contributed by atoms with Crippen molar-refractivity contribution in [1.82, 2.24) is 15.5 Å². The van der Waals surface area contributed by atoms with E-state index in [9.17, 15) is 44.7 Å². The second kappa shape index (κ2) is 10.3. The number of carbonyl (C=O) groups is 4. The van der Waals surface area contributed by atoms with Crippen LogP contribution in [-0.2, 0) is 24.8 Å². The molecule has 1 aromatic rings. The van der Waals surface area contributed by atoms with Gasteiger partial charge in [0.2, 0.25) is 5.78 Å². The smallest absolute Gasteiger partial charge is 0.303 e. The van der Waals surface area contributed by atoms with E-state index in [0.29, 0.717) is 0 Å². The summed E-state index contributed by atoms with van der Waals surface area (Å²) in [4.78, 5) is 52.7. The largest absolute Gasteiger partial charge is 0.508 e. The van der Waals surface area contributed by atoms with E-state index in [1.807, 2.05) is 0 Å². The third-order valence-electron chi connectivity index (χ3n) is 8.12. The number of likely N-dealkylation sites (N-methyl/N-ethyl adjacent to an activating group) is 1. The Kier molecular flexibility index (Phi) is 7.54. The van der Waals surface area contributed by atoms with Gasteiger partial charge in [-0.3, -0.25) is 29.4 Å². The molecule has 0 saturated heterocycles. The first-order chi connectivity index (χ1) is 18.7. The molecule has 4 rings (SSSR count). The molecule has 1 fully saturated rings. The highest BCUT2D eigenvalue weighted by molar-refractivity contribution is 6.25. The number of benzene rings is 1. The number of aromatic hydroxyl groups is 1. The third kappa shape index (κ3) is 4.35. The molecule has 3 aliphatic carbocycles. The molecular formula is C27H33N3O10. The van der Waals surface area contributed by atoms with Crippen LogP contribution in [-0.4, -0.2) is 97.9 Å². The number of nitrogens with one attached hydrogen (secondary N) is 2. The average molecular weight is 560 g/mol. The summed E-state index contributed by atoms with van der Waals surface area (Å²) in [5, 5.41) is 70.0. The number of aliphatic carboxylic acids is 1. The summed E-state index contributed by atoms with van der Waals surface area (Å²) in [5.74, 6) is -8.78. The molecule has 0 aromatic heterocycles. The lowest BCUT2D eigenvalue weighted by atomic mass is 9.54. The van der Waals surface area contributed by atoms with E-state index in [2.05, 4.69) is 10.6 Å². The summed E-state index contributed by atoms with van der Waals surface area (Å²) in [6.07, 6.45) is -0.0490. The normalized spacial score (nSPS) is 29.7. The fourth-order valence-corrected chi connectivity index (χ4v) is 6.17. The molecule has 3 aliphatic rings. The van der Waals surface area contributed by atoms with Crippen molar-refractivity contribution in [2.45, 2.75) is 43.4 Å². The van der Waals surface area contributed by atoms with Crippen LogP contribution < -0.4 is 10.6 Å². The molecule has 5 atom stereocenters. The minimum Gasteiger partial charge on any atom is -0.508 e. The number of phenols is 1. The second-order valence-electron chi connectivity index (χ2n) is 10.8. The number of Topliss-reactive ketones (excluding diaryl/α,β-unsaturated/α-hetero) is 2. The molecule has 13 nitrogen and oxygen atoms in total. The average Bonchev–Trinajstić information content (AvgIpc) is 2.86. The number of carbonyl (C=O) groups excluding carboxylic acids is 3. The number of phenolic OH excluding ortho intramolecular Hbond substituents is 1. The Hall–Kier alpha value is -3.78. The van der Waals surface area contributed by atoms with Crippen LogP contribution in [0.15, 0.2) is 35.1 Å². The van der Waals surface area contributed by atoms with Gasteiger partial charge in [-0.15, -0.1) is 0 Å². The number of nitrogens with zero attached hydrogens (tertiary/aromatic N) is 1. The van der Waals surface area contributed by atoms with Crippen molar-refractivity contribution in [1.29, 1.82) is 0 Å². The first-order valence-corrected chi connectivity index (χ1v) is 12.8. The number of amides is 1. The molecule has 0 radical (unpaired) electrons. The number of carboxylic acid groups (broad SMARTS) is 1. The first kappa shape index (κ1) is 29.2. The van der Waals surface area contributed by atoms with Gasteiger partial charge in [-0.1, -0.05) is 12.1 Å². The van der Waals surface area contributed by atoms with E-state index in [4.69, 9.17) is 5.11 Å². The van der Waals surface area contributed by atoms with Crippen LogP contribution in [0.2, 0.25) is 0 Å². The fraction of sp³-hybridized carbons (Fsp3) is 0.481. The van der Waals surface area contributed by atoms with Crippen molar-refractivity contribution in [3.8, 4) is 5.75 Å². The van der Waals surface area contributed by atoms with Crippen LogP contribution in [0.25, 0.3) is 5.76 Å². The lowest BCUT2D eigenvalue weighted by Gasteiger charge is -2.53. The summed E-state index contributed by atoms with van der Waals surface area (Å²) < 4.78 is 0. The van der Waals surface area contributed by atoms with Crippen LogP contribution in [0.4, 0.5) is 0 Å². The molecule has 0 bridgehead atoms. The summed E-state index contributed by atoms with van der Waals surface area (Å²) in [6.45, 7) is 1.44. The van der Waals surface area contributed by atoms with E-state index in [-0.39, 0.29) is 43.6 Å². The Morgan fingerprint density at radius 2 is 1.80 bits per heavy atom. The maximum absolute atomic E-state index is 14.0. The third-order valence-corrected chi connectivity index (χ3v) is 8.12. The molecule has 4 unspecified atom stereocenters. The SMILES string of the molecule is CN(C)C1C(=O)C(C(=O)NCNCCCC(=O)O)=C(O)[C@@]2(O)C(=O)C3=C(O)c4c(O)cccc4C(C)(O)C3CC12. The van der Waals surface area contributed by atoms with Gasteiger partial charge in [0.25, 0.3) is 5.91 Å². The standard InChI is InChI=1S/C27H33N3O10/c1-26(39)12-6-4-7-15(31)17(12)21(34)18-13(26)10-14-20(30(2)3)22(35)19(24(37)27(14,40)23(18)36)25(38)29-11-28-9-5-8-16(32)33/h4,6-7,13-14,20,28,31,34,37,39-40H,5,8-11H2,1-3H3,(H,29,38)(H,32,33)/t13?,14?,20?,26?,27-/m0/s1. The van der Waals surface area contributed by atoms with Gasteiger partial charge in [-0.25, -0.2) is 0 Å². The molecular weight excluding hydrogens is 526 g/mol. The molecule has 1 amide bonds. The Morgan fingerprint density at radius 1 is 1.12 bits per heavy atom. The number of hydrogen-bond donors (Lipinski definition) is 8. The summed E-state index contributed by atoms with van der Waals surface area (Å²) >= 11 is 0. The van der Waals surface area contributed by atoms with Gasteiger partial charge < -0.3 is 36.0 Å². The second-order valence-corrected chi connectivity index (χ2v) is 10.8. The monoisotopic (exact) mass is 559 g/mol. The minimum atomic E-state index is -2.80. The van der Waals surface area contributed by atoms with Crippen molar-refractivity contribution in [3.63, 3.8) is 0 Å². The van der Waals surface area contributed by atoms with E-state index in [0.717, 1.165) is 0 Å². The zero-order valence-corrected chi connectivity index (χ0v) is 22.3. The van der Waals surface area contributed by atoms with Crippen LogP contribution in [0, 0.1) is 11.8 Å². The summed E-state index contributed by atoms with van der Waals surface area (Å²) in [5.41, 5.74) is -5.92. The predicted octanol–water partition coefficient (Wildman–Crippen LogP) is -0.328. The van der Waals surface area contributed by atoms with Gasteiger partial charge in [0.1, 0.15) is 22.8 Å². The molecule has 216 valence electrons. The van der Waals surface area contributed by atoms with Gasteiger partial charge in [0, 0.05) is 23.8 Å². The minimum absolute atomic E-state index is 0.0920. The zero-order valence-electron chi connectivity index (χ0n) is 22.3. The van der Waals surface area contributed by atoms with Crippen LogP contribution in [0.3, 0.4) is 0 Å². The highest BCUT2D eigenvalue weighted by Gasteiger charge is 2.66. The molecule has 8 N–H and O–H groups in total. The number of hydrogen-bond acceptors (Lipinski definition) is 11. The molecule has 0 spiro atoms. The summed E-state index contributed by atoms with van der Waals surface area (Å²) in [6, 6.07) is 2.94.